The molecule has 0 aromatic rings. The normalized spacial score (nSPS) is 16.7. The molecule has 0 bridgehead atoms. The Bertz CT molecular complexity index is 58.4. The van der Waals surface area contributed by atoms with Crippen molar-refractivity contribution in [3.05, 3.63) is 0 Å². The van der Waals surface area contributed by atoms with E-state index in [4.69, 9.17) is 5.11 Å². The highest BCUT2D eigenvalue weighted by atomic mass is 35.5. The van der Waals surface area contributed by atoms with Crippen molar-refractivity contribution in [3.8, 4) is 0 Å². The number of aliphatic hydroxyl groups excluding tert-OH is 1. The first-order valence-electron chi connectivity index (χ1n) is 1.33. The van der Waals surface area contributed by atoms with E-state index in [1.807, 2.05) is 0 Å². The minimum atomic E-state index is -2.73. The van der Waals surface area contributed by atoms with Crippen LogP contribution in [0.4, 0.5) is 4.39 Å². The predicted octanol–water partition coefficient (Wildman–Crippen LogP) is 1.64. The van der Waals surface area contributed by atoms with Crippen LogP contribution < -0.4 is 0 Å². The summed E-state index contributed by atoms with van der Waals surface area (Å²) in [4.78, 5) is 0. The van der Waals surface area contributed by atoms with Crippen LogP contribution in [-0.4, -0.2) is 15.3 Å². The molecule has 0 heterocycles. The van der Waals surface area contributed by atoms with E-state index < -0.39 is 10.2 Å². The largest absolute Gasteiger partial charge is 0.372 e. The summed E-state index contributed by atoms with van der Waals surface area (Å²) in [5.74, 6) is 0. The Morgan fingerprint density at radius 2 is 1.71 bits per heavy atom. The quantitative estimate of drug-likeness (QED) is 0.589. The van der Waals surface area contributed by atoms with Crippen molar-refractivity contribution < 1.29 is 9.50 Å². The molecule has 0 spiro atoms. The van der Waals surface area contributed by atoms with E-state index in [1.165, 1.54) is 0 Å². The van der Waals surface area contributed by atoms with E-state index in [0.29, 0.717) is 0 Å². The van der Waals surface area contributed by atoms with Crippen LogP contribution in [-0.2, 0) is 0 Å². The third-order valence-corrected chi connectivity index (χ3v) is 1.21. The molecule has 0 aliphatic carbocycles. The molecule has 0 fully saturated rings. The monoisotopic (exact) mass is 166 g/mol. The van der Waals surface area contributed by atoms with Gasteiger partial charge in [0.2, 0.25) is 0 Å². The van der Waals surface area contributed by atoms with Gasteiger partial charge in [-0.15, -0.1) is 0 Å². The fraction of sp³-hybridized carbons (Fsp3) is 1.00. The van der Waals surface area contributed by atoms with Crippen molar-refractivity contribution in [1.82, 2.24) is 0 Å². The van der Waals surface area contributed by atoms with Gasteiger partial charge in [-0.1, -0.05) is 34.8 Å². The third kappa shape index (κ3) is 3.35. The lowest BCUT2D eigenvalue weighted by atomic mass is 10.8. The summed E-state index contributed by atoms with van der Waals surface area (Å²) in [5.41, 5.74) is -1.86. The second kappa shape index (κ2) is 2.35. The number of hydrogen-bond donors (Lipinski definition) is 1. The van der Waals surface area contributed by atoms with Gasteiger partial charge in [0.15, 0.2) is 5.56 Å². The first-order chi connectivity index (χ1) is 2.94. The zero-order valence-electron chi connectivity index (χ0n) is 3.04. The zero-order chi connectivity index (χ0) is 6.08. The Morgan fingerprint density at radius 1 is 1.57 bits per heavy atom. The van der Waals surface area contributed by atoms with Crippen LogP contribution in [0.3, 0.4) is 0 Å². The van der Waals surface area contributed by atoms with Crippen molar-refractivity contribution in [2.24, 2.45) is 0 Å². The van der Waals surface area contributed by atoms with Gasteiger partial charge in [-0.25, -0.2) is 4.39 Å². The zero-order valence-corrected chi connectivity index (χ0v) is 5.30. The molecule has 1 unspecified atom stereocenters. The van der Waals surface area contributed by atoms with Crippen LogP contribution in [0.25, 0.3) is 0 Å². The summed E-state index contributed by atoms with van der Waals surface area (Å²) in [5, 5.41) is 8.02. The molecule has 0 saturated carbocycles. The number of rotatable bonds is 1. The van der Waals surface area contributed by atoms with E-state index in [-0.39, 0.29) is 0 Å². The molecule has 0 saturated heterocycles. The molecule has 1 nitrogen and oxygen atoms in total. The van der Waals surface area contributed by atoms with E-state index in [2.05, 4.69) is 34.8 Å². The van der Waals surface area contributed by atoms with Gasteiger partial charge >= 0.3 is 0 Å². The maximum Gasteiger partial charge on any atom is 0.297 e. The molecule has 0 amide bonds. The molecule has 1 N–H and O–H groups in total. The van der Waals surface area contributed by atoms with Gasteiger partial charge in [-0.2, -0.15) is 0 Å². The molecule has 44 valence electrons. The molecule has 0 rings (SSSR count). The fourth-order valence-corrected chi connectivity index (χ4v) is 0. The van der Waals surface area contributed by atoms with Gasteiger partial charge < -0.3 is 5.11 Å². The van der Waals surface area contributed by atoms with E-state index in [1.54, 1.807) is 0 Å². The summed E-state index contributed by atoms with van der Waals surface area (Å²) < 4.78 is 8.93. The molecule has 5 heteroatoms. The van der Waals surface area contributed by atoms with Crippen LogP contribution in [0.5, 0.6) is 0 Å². The first-order valence-corrected chi connectivity index (χ1v) is 2.52. The molecule has 0 aromatic carbocycles. The van der Waals surface area contributed by atoms with Gasteiger partial charge in [0.05, 0.1) is 0 Å². The van der Waals surface area contributed by atoms with Crippen molar-refractivity contribution in [2.75, 3.05) is 0 Å². The second-order valence-electron chi connectivity index (χ2n) is 0.877. The molecular weight excluding hydrogens is 165 g/mol. The lowest BCUT2D eigenvalue weighted by Crippen LogP contribution is -2.19. The van der Waals surface area contributed by atoms with E-state index >= 15 is 0 Å². The molecule has 7 heavy (non-hydrogen) atoms. The van der Waals surface area contributed by atoms with Gasteiger partial charge in [0.1, 0.15) is 0 Å². The molecule has 0 aliphatic rings. The number of halogens is 4. The van der Waals surface area contributed by atoms with Crippen molar-refractivity contribution in [1.29, 1.82) is 0 Å². The predicted molar refractivity (Wildman–Crippen MR) is 27.4 cm³/mol. The second-order valence-corrected chi connectivity index (χ2v) is 2.58. The van der Waals surface area contributed by atoms with Crippen LogP contribution in [0.2, 0.25) is 0 Å². The summed E-state index contributed by atoms with van der Waals surface area (Å²) in [6.45, 7) is 0. The topological polar surface area (TPSA) is 20.2 Å². The lowest BCUT2D eigenvalue weighted by Gasteiger charge is -2.08. The van der Waals surface area contributed by atoms with Gasteiger partial charge in [-0.3, -0.25) is 0 Å². The Morgan fingerprint density at radius 3 is 1.71 bits per heavy atom. The maximum atomic E-state index is 11.7. The first kappa shape index (κ1) is 7.76. The maximum absolute atomic E-state index is 11.7. The number of hydrogen-bond acceptors (Lipinski definition) is 1. The SMILES string of the molecule is OC(Cl)C(F)(Cl)Cl. The Hall–Kier alpha value is 0.760. The highest BCUT2D eigenvalue weighted by Gasteiger charge is 2.30. The van der Waals surface area contributed by atoms with Crippen LogP contribution in [0, 0.1) is 0 Å². The fourth-order valence-electron chi connectivity index (χ4n) is 0. The average Bonchev–Trinajstić information content (AvgIpc) is 1.31. The van der Waals surface area contributed by atoms with Crippen LogP contribution >= 0.6 is 34.8 Å². The standard InChI is InChI=1S/C2H2Cl3FO/c3-1(7)2(4,5)6/h1,7H. The van der Waals surface area contributed by atoms with Gasteiger partial charge in [0, 0.05) is 0 Å². The van der Waals surface area contributed by atoms with E-state index in [9.17, 15) is 4.39 Å². The Labute approximate surface area is 55.0 Å². The average molecular weight is 167 g/mol. The highest BCUT2D eigenvalue weighted by Crippen LogP contribution is 2.28. The molecular formula is C2H2Cl3FO. The van der Waals surface area contributed by atoms with Crippen molar-refractivity contribution >= 4 is 34.8 Å². The summed E-state index contributed by atoms with van der Waals surface area (Å²) in [7, 11) is 0. The molecule has 1 atom stereocenters. The Kier molecular flexibility index (Phi) is 2.61. The Balaban J connectivity index is 3.54. The summed E-state index contributed by atoms with van der Waals surface area (Å²) >= 11 is 13.8. The summed E-state index contributed by atoms with van der Waals surface area (Å²) in [6, 6.07) is 0. The van der Waals surface area contributed by atoms with Crippen molar-refractivity contribution in [3.63, 3.8) is 0 Å². The van der Waals surface area contributed by atoms with Crippen molar-refractivity contribution in [2.45, 2.75) is 10.2 Å². The minimum Gasteiger partial charge on any atom is -0.372 e. The summed E-state index contributed by atoms with van der Waals surface area (Å²) in [6.07, 6.45) is 0. The molecule has 0 radical (unpaired) electrons. The van der Waals surface area contributed by atoms with Gasteiger partial charge in [-0.05, 0) is 0 Å². The van der Waals surface area contributed by atoms with E-state index in [0.717, 1.165) is 0 Å². The number of aliphatic hydroxyl groups is 1. The van der Waals surface area contributed by atoms with Crippen LogP contribution in [0.15, 0.2) is 0 Å². The molecule has 0 aromatic heterocycles. The highest BCUT2D eigenvalue weighted by molar-refractivity contribution is 6.50. The minimum absolute atomic E-state index is 1.86. The third-order valence-electron chi connectivity index (χ3n) is 0.270. The lowest BCUT2D eigenvalue weighted by molar-refractivity contribution is 0.167. The molecule has 0 aliphatic heterocycles. The van der Waals surface area contributed by atoms with Gasteiger partial charge in [0.25, 0.3) is 4.59 Å². The smallest absolute Gasteiger partial charge is 0.297 e. The van der Waals surface area contributed by atoms with Crippen LogP contribution in [0.1, 0.15) is 0 Å². The number of alkyl halides is 4.